The number of hydrogen-bond donors (Lipinski definition) is 0. The zero-order chi connectivity index (χ0) is 10.1. The first kappa shape index (κ1) is 13.3. The predicted molar refractivity (Wildman–Crippen MR) is 33.4 cm³/mol. The Labute approximate surface area is 66.1 Å². The predicted octanol–water partition coefficient (Wildman–Crippen LogP) is 2.68. The highest BCUT2D eigenvalue weighted by Gasteiger charge is 1.90. The minimum absolute atomic E-state index is 0.0995. The van der Waals surface area contributed by atoms with Gasteiger partial charge in [-0.15, -0.1) is 0 Å². The van der Waals surface area contributed by atoms with Crippen LogP contribution in [0, 0.1) is 0 Å². The van der Waals surface area contributed by atoms with E-state index in [1.54, 1.807) is 0 Å². The molecule has 0 aliphatic carbocycles. The molecule has 0 aromatic rings. The maximum atomic E-state index is 11.0. The number of esters is 1. The Bertz CT molecular complexity index is 180. The summed E-state index contributed by atoms with van der Waals surface area (Å²) in [5, 5.41) is 0. The second-order valence-corrected chi connectivity index (χ2v) is 1.36. The number of ether oxygens (including phenoxy) is 1. The van der Waals surface area contributed by atoms with Crippen molar-refractivity contribution >= 4 is 5.97 Å². The molecule has 0 aromatic carbocycles. The highest BCUT2D eigenvalue weighted by Crippen LogP contribution is 1.95. The van der Waals surface area contributed by atoms with Crippen LogP contribution < -0.4 is 0 Å². The van der Waals surface area contributed by atoms with Crippen LogP contribution in [0.5, 0.6) is 0 Å². The van der Waals surface area contributed by atoms with E-state index in [2.05, 4.69) is 11.3 Å². The van der Waals surface area contributed by atoms with Gasteiger partial charge in [0.1, 0.15) is 0 Å². The van der Waals surface area contributed by atoms with Crippen LogP contribution in [0.4, 0.5) is 17.6 Å². The molecule has 6 heteroatoms. The summed E-state index contributed by atoms with van der Waals surface area (Å²) in [5.74, 6) is -0.752. The van der Waals surface area contributed by atoms with Crippen molar-refractivity contribution in [2.45, 2.75) is 6.92 Å². The van der Waals surface area contributed by atoms with Crippen LogP contribution >= 0.6 is 0 Å². The van der Waals surface area contributed by atoms with E-state index < -0.39 is 18.1 Å². The minimum atomic E-state index is -2.01. The first-order valence-electron chi connectivity index (χ1n) is 2.54. The lowest BCUT2D eigenvalue weighted by atomic mass is 10.8. The lowest BCUT2D eigenvalue weighted by molar-refractivity contribution is -0.135. The number of carbonyl (C=O) groups excluding carboxylic acids is 1. The van der Waals surface area contributed by atoms with Crippen LogP contribution in [0.3, 0.4) is 0 Å². The summed E-state index contributed by atoms with van der Waals surface area (Å²) in [7, 11) is 0. The third-order valence-corrected chi connectivity index (χ3v) is 0.314. The summed E-state index contributed by atoms with van der Waals surface area (Å²) in [6.07, 6.45) is -3.75. The zero-order valence-corrected chi connectivity index (χ0v) is 6.11. The number of hydrogen-bond acceptors (Lipinski definition) is 2. The molecule has 0 unspecified atom stereocenters. The summed E-state index contributed by atoms with van der Waals surface area (Å²) in [6.45, 7) is 3.26. The molecule has 0 rings (SSSR count). The third-order valence-electron chi connectivity index (χ3n) is 0.314. The molecule has 70 valence electrons. The summed E-state index contributed by atoms with van der Waals surface area (Å²) < 4.78 is 46.0. The molecule has 0 atom stereocenters. The summed E-state index contributed by atoms with van der Waals surface area (Å²) in [5.41, 5.74) is 0. The van der Waals surface area contributed by atoms with E-state index in [1.165, 1.54) is 0 Å². The molecule has 0 amide bonds. The fourth-order valence-electron chi connectivity index (χ4n) is 0.128. The van der Waals surface area contributed by atoms with Gasteiger partial charge >= 0.3 is 12.0 Å². The van der Waals surface area contributed by atoms with Gasteiger partial charge in [-0.05, 0) is 6.58 Å². The van der Waals surface area contributed by atoms with Gasteiger partial charge in [0.05, 0.1) is 0 Å². The van der Waals surface area contributed by atoms with Gasteiger partial charge < -0.3 is 4.74 Å². The molecule has 0 N–H and O–H groups in total. The van der Waals surface area contributed by atoms with Crippen molar-refractivity contribution in [1.82, 2.24) is 0 Å². The molecule has 0 aromatic heterocycles. The first-order chi connectivity index (χ1) is 5.36. The van der Waals surface area contributed by atoms with Crippen molar-refractivity contribution in [3.63, 3.8) is 0 Å². The van der Waals surface area contributed by atoms with E-state index in [0.717, 1.165) is 6.92 Å². The van der Waals surface area contributed by atoms with Crippen molar-refractivity contribution in [1.29, 1.82) is 0 Å². The molecule has 0 heterocycles. The van der Waals surface area contributed by atoms with Crippen LogP contribution in [-0.2, 0) is 9.53 Å². The van der Waals surface area contributed by atoms with Crippen molar-refractivity contribution in [2.24, 2.45) is 0 Å². The van der Waals surface area contributed by atoms with E-state index in [1.807, 2.05) is 0 Å². The van der Waals surface area contributed by atoms with Gasteiger partial charge in [0.25, 0.3) is 6.08 Å². The Morgan fingerprint density at radius 1 is 1.33 bits per heavy atom. The molecule has 0 aliphatic rings. The van der Waals surface area contributed by atoms with E-state index in [4.69, 9.17) is 0 Å². The fourth-order valence-corrected chi connectivity index (χ4v) is 0.128. The quantitative estimate of drug-likeness (QED) is 0.357. The van der Waals surface area contributed by atoms with Crippen molar-refractivity contribution in [2.75, 3.05) is 0 Å². The summed E-state index contributed by atoms with van der Waals surface area (Å²) >= 11 is 0. The fraction of sp³-hybridized carbons (Fsp3) is 0.167. The highest BCUT2D eigenvalue weighted by atomic mass is 19.3. The maximum absolute atomic E-state index is 11.0. The average Bonchev–Trinajstić information content (AvgIpc) is 1.82. The van der Waals surface area contributed by atoms with Crippen LogP contribution in [0.15, 0.2) is 25.0 Å². The Kier molecular flexibility index (Phi) is 8.60. The molecule has 0 bridgehead atoms. The van der Waals surface area contributed by atoms with Crippen molar-refractivity contribution < 1.29 is 27.1 Å². The molecule has 0 fully saturated rings. The van der Waals surface area contributed by atoms with Gasteiger partial charge in [-0.3, -0.25) is 4.79 Å². The van der Waals surface area contributed by atoms with Crippen LogP contribution in [0.2, 0.25) is 0 Å². The second kappa shape index (κ2) is 7.77. The Morgan fingerprint density at radius 2 is 1.67 bits per heavy atom. The Hall–Kier alpha value is -1.33. The topological polar surface area (TPSA) is 26.3 Å². The molecular formula is C6H6F4O2. The maximum Gasteiger partial charge on any atom is 0.307 e. The SMILES string of the molecule is C=C(F)F.CC(=O)OC=C(F)F. The highest BCUT2D eigenvalue weighted by molar-refractivity contribution is 5.66. The zero-order valence-electron chi connectivity index (χ0n) is 6.11. The average molecular weight is 186 g/mol. The second-order valence-electron chi connectivity index (χ2n) is 1.36. The van der Waals surface area contributed by atoms with E-state index >= 15 is 0 Å². The van der Waals surface area contributed by atoms with Crippen LogP contribution in [-0.4, -0.2) is 5.97 Å². The van der Waals surface area contributed by atoms with Crippen LogP contribution in [0.1, 0.15) is 6.92 Å². The normalized spacial score (nSPS) is 7.42. The van der Waals surface area contributed by atoms with Gasteiger partial charge in [-0.1, -0.05) is 0 Å². The summed E-state index contributed by atoms with van der Waals surface area (Å²) in [4.78, 5) is 9.75. The number of rotatable bonds is 1. The van der Waals surface area contributed by atoms with Gasteiger partial charge in [-0.2, -0.15) is 17.6 Å². The van der Waals surface area contributed by atoms with Crippen molar-refractivity contribution in [3.8, 4) is 0 Å². The molecule has 2 nitrogen and oxygen atoms in total. The molecule has 0 saturated carbocycles. The van der Waals surface area contributed by atoms with Gasteiger partial charge in [0, 0.05) is 6.92 Å². The number of carbonyl (C=O) groups is 1. The van der Waals surface area contributed by atoms with E-state index in [9.17, 15) is 22.4 Å². The van der Waals surface area contributed by atoms with Crippen molar-refractivity contribution in [3.05, 3.63) is 25.0 Å². The van der Waals surface area contributed by atoms with E-state index in [-0.39, 0.29) is 6.26 Å². The smallest absolute Gasteiger partial charge is 0.307 e. The summed E-state index contributed by atoms with van der Waals surface area (Å²) in [6, 6.07) is 0. The molecule has 12 heavy (non-hydrogen) atoms. The third kappa shape index (κ3) is 37.9. The van der Waals surface area contributed by atoms with Gasteiger partial charge in [0.2, 0.25) is 0 Å². The monoisotopic (exact) mass is 186 g/mol. The lowest BCUT2D eigenvalue weighted by Crippen LogP contribution is -1.89. The Morgan fingerprint density at radius 3 is 1.75 bits per heavy atom. The van der Waals surface area contributed by atoms with Crippen LogP contribution in [0.25, 0.3) is 0 Å². The minimum Gasteiger partial charge on any atom is -0.429 e. The molecule has 0 saturated heterocycles. The molecular weight excluding hydrogens is 180 g/mol. The molecule has 0 aliphatic heterocycles. The van der Waals surface area contributed by atoms with Gasteiger partial charge in [-0.25, -0.2) is 0 Å². The molecule has 0 spiro atoms. The van der Waals surface area contributed by atoms with E-state index in [0.29, 0.717) is 0 Å². The Balaban J connectivity index is 0. The number of halogens is 4. The standard InChI is InChI=1S/C4H4F2O2.C2H2F2/c1-3(7)8-2-4(5)6;1-2(3)4/h2H,1H3;1H2. The van der Waals surface area contributed by atoms with Gasteiger partial charge in [0.15, 0.2) is 6.26 Å². The lowest BCUT2D eigenvalue weighted by Gasteiger charge is -1.85. The largest absolute Gasteiger partial charge is 0.429 e. The molecule has 0 radical (unpaired) electrons. The first-order valence-corrected chi connectivity index (χ1v) is 2.54.